The van der Waals surface area contributed by atoms with E-state index >= 15 is 0 Å². The zero-order valence-electron chi connectivity index (χ0n) is 13.9. The average molecular weight is 367 g/mol. The molecule has 1 amide bonds. The van der Waals surface area contributed by atoms with Crippen molar-refractivity contribution in [2.45, 2.75) is 31.0 Å². The molecule has 0 fully saturated rings. The van der Waals surface area contributed by atoms with Crippen molar-refractivity contribution in [1.29, 1.82) is 0 Å². The smallest absolute Gasteiger partial charge is 0.306 e. The van der Waals surface area contributed by atoms with Gasteiger partial charge in [-0.3, -0.25) is 9.59 Å². The van der Waals surface area contributed by atoms with Crippen LogP contribution in [0.2, 0.25) is 0 Å². The van der Waals surface area contributed by atoms with Crippen LogP contribution >= 0.6 is 23.1 Å². The average Bonchev–Trinajstić information content (AvgIpc) is 2.97. The lowest BCUT2D eigenvalue weighted by atomic mass is 10.2. The number of nitrogens with one attached hydrogen (secondary N) is 1. The minimum Gasteiger partial charge on any atom is -0.456 e. The second-order valence-corrected chi connectivity index (χ2v) is 8.13. The van der Waals surface area contributed by atoms with Crippen molar-refractivity contribution in [3.05, 3.63) is 24.3 Å². The number of carbonyl (C=O) groups excluding carboxylic acids is 2. The number of fused-ring (bicyclic) bond motifs is 1. The highest BCUT2D eigenvalue weighted by molar-refractivity contribution is 8.01. The van der Waals surface area contributed by atoms with Crippen molar-refractivity contribution in [2.24, 2.45) is 5.92 Å². The highest BCUT2D eigenvalue weighted by Gasteiger charge is 2.09. The Kier molecular flexibility index (Phi) is 7.52. The van der Waals surface area contributed by atoms with Crippen LogP contribution in [-0.4, -0.2) is 35.8 Å². The number of hydrogen-bond acceptors (Lipinski definition) is 6. The second-order valence-electron chi connectivity index (χ2n) is 5.76. The normalized spacial score (nSPS) is 11.0. The molecule has 7 heteroatoms. The van der Waals surface area contributed by atoms with Crippen LogP contribution in [0.25, 0.3) is 10.2 Å². The summed E-state index contributed by atoms with van der Waals surface area (Å²) in [6, 6.07) is 8.03. The van der Waals surface area contributed by atoms with Gasteiger partial charge in [0.25, 0.3) is 5.91 Å². The molecule has 0 unspecified atom stereocenters. The van der Waals surface area contributed by atoms with E-state index in [9.17, 15) is 9.59 Å². The molecular weight excluding hydrogens is 344 g/mol. The lowest BCUT2D eigenvalue weighted by Gasteiger charge is -2.08. The minimum absolute atomic E-state index is 0.198. The van der Waals surface area contributed by atoms with Gasteiger partial charge in [-0.25, -0.2) is 4.98 Å². The van der Waals surface area contributed by atoms with Crippen molar-refractivity contribution in [1.82, 2.24) is 10.3 Å². The number of hydrogen-bond donors (Lipinski definition) is 1. The van der Waals surface area contributed by atoms with Gasteiger partial charge in [0.05, 0.1) is 10.2 Å². The number of thioether (sulfide) groups is 1. The summed E-state index contributed by atoms with van der Waals surface area (Å²) < 4.78 is 7.15. The number of aromatic nitrogens is 1. The molecule has 2 aromatic rings. The van der Waals surface area contributed by atoms with Crippen molar-refractivity contribution < 1.29 is 14.3 Å². The van der Waals surface area contributed by atoms with Gasteiger partial charge in [-0.2, -0.15) is 0 Å². The van der Waals surface area contributed by atoms with Crippen LogP contribution in [-0.2, 0) is 14.3 Å². The van der Waals surface area contributed by atoms with Gasteiger partial charge < -0.3 is 10.1 Å². The highest BCUT2D eigenvalue weighted by atomic mass is 32.2. The summed E-state index contributed by atoms with van der Waals surface area (Å²) in [4.78, 5) is 27.6. The maximum atomic E-state index is 11.6. The molecule has 1 heterocycles. The summed E-state index contributed by atoms with van der Waals surface area (Å²) in [5.74, 6) is 0.596. The van der Waals surface area contributed by atoms with Crippen LogP contribution in [0.3, 0.4) is 0 Å². The number of para-hydroxylation sites is 1. The number of thiazole rings is 1. The summed E-state index contributed by atoms with van der Waals surface area (Å²) in [7, 11) is 0. The second kappa shape index (κ2) is 9.64. The first-order valence-corrected chi connectivity index (χ1v) is 9.75. The quantitative estimate of drug-likeness (QED) is 0.418. The van der Waals surface area contributed by atoms with Crippen molar-refractivity contribution in [3.63, 3.8) is 0 Å². The summed E-state index contributed by atoms with van der Waals surface area (Å²) in [5.41, 5.74) is 1.01. The zero-order chi connectivity index (χ0) is 17.4. The molecule has 1 N–H and O–H groups in total. The molecule has 0 bridgehead atoms. The van der Waals surface area contributed by atoms with Gasteiger partial charge in [-0.1, -0.05) is 37.7 Å². The topological polar surface area (TPSA) is 68.3 Å². The van der Waals surface area contributed by atoms with Gasteiger partial charge in [0.15, 0.2) is 10.9 Å². The molecular formula is C17H22N2O3S2. The Morgan fingerprint density at radius 2 is 2.12 bits per heavy atom. The lowest BCUT2D eigenvalue weighted by Crippen LogP contribution is -2.31. The van der Waals surface area contributed by atoms with Crippen LogP contribution in [0.15, 0.2) is 28.6 Å². The minimum atomic E-state index is -0.334. The van der Waals surface area contributed by atoms with Crippen LogP contribution < -0.4 is 5.32 Å². The Balaban J connectivity index is 1.60. The maximum absolute atomic E-state index is 11.6. The molecule has 24 heavy (non-hydrogen) atoms. The Bertz CT molecular complexity index is 652. The van der Waals surface area contributed by atoms with E-state index in [2.05, 4.69) is 16.4 Å². The van der Waals surface area contributed by atoms with Gasteiger partial charge >= 0.3 is 5.97 Å². The zero-order valence-corrected chi connectivity index (χ0v) is 15.5. The number of ether oxygens (including phenoxy) is 1. The molecule has 0 aliphatic rings. The lowest BCUT2D eigenvalue weighted by molar-refractivity contribution is -0.148. The molecule has 0 spiro atoms. The first-order chi connectivity index (χ1) is 11.5. The predicted octanol–water partition coefficient (Wildman–Crippen LogP) is 3.48. The summed E-state index contributed by atoms with van der Waals surface area (Å²) in [6.45, 7) is 4.41. The third-order valence-electron chi connectivity index (χ3n) is 3.10. The van der Waals surface area contributed by atoms with Crippen LogP contribution in [0, 0.1) is 5.92 Å². The molecule has 1 aromatic heterocycles. The van der Waals surface area contributed by atoms with Crippen LogP contribution in [0.4, 0.5) is 0 Å². The van der Waals surface area contributed by atoms with E-state index < -0.39 is 0 Å². The first-order valence-electron chi connectivity index (χ1n) is 7.95. The van der Waals surface area contributed by atoms with Gasteiger partial charge in [0, 0.05) is 18.7 Å². The van der Waals surface area contributed by atoms with Gasteiger partial charge in [0.1, 0.15) is 0 Å². The van der Waals surface area contributed by atoms with E-state index in [1.54, 1.807) is 23.1 Å². The van der Waals surface area contributed by atoms with Gasteiger partial charge in [0.2, 0.25) is 0 Å². The van der Waals surface area contributed by atoms with E-state index in [-0.39, 0.29) is 18.5 Å². The number of esters is 1. The van der Waals surface area contributed by atoms with E-state index in [1.165, 1.54) is 4.70 Å². The number of benzene rings is 1. The number of carbonyl (C=O) groups is 2. The maximum Gasteiger partial charge on any atom is 0.306 e. The molecule has 1 aromatic carbocycles. The molecule has 0 saturated heterocycles. The standard InChI is InChI=1S/C17H22N2O3S2/c1-12(2)10-18-15(20)11-22-16(21)8-5-9-23-17-19-13-6-3-4-7-14(13)24-17/h3-4,6-7,12H,5,8-11H2,1-2H3,(H,18,20). The van der Waals surface area contributed by atoms with Crippen molar-refractivity contribution in [3.8, 4) is 0 Å². The molecule has 0 saturated carbocycles. The number of amides is 1. The molecule has 130 valence electrons. The molecule has 0 aliphatic carbocycles. The van der Waals surface area contributed by atoms with E-state index in [0.717, 1.165) is 15.6 Å². The first kappa shape index (κ1) is 18.7. The predicted molar refractivity (Wildman–Crippen MR) is 98.4 cm³/mol. The molecule has 0 radical (unpaired) electrons. The summed E-state index contributed by atoms with van der Waals surface area (Å²) in [6.07, 6.45) is 1.02. The molecule has 5 nitrogen and oxygen atoms in total. The van der Waals surface area contributed by atoms with Gasteiger partial charge in [-0.15, -0.1) is 11.3 Å². The van der Waals surface area contributed by atoms with Crippen molar-refractivity contribution >= 4 is 45.2 Å². The monoisotopic (exact) mass is 366 g/mol. The van der Waals surface area contributed by atoms with Crippen LogP contribution in [0.1, 0.15) is 26.7 Å². The largest absolute Gasteiger partial charge is 0.456 e. The Hall–Kier alpha value is -1.60. The third-order valence-corrected chi connectivity index (χ3v) is 5.36. The van der Waals surface area contributed by atoms with E-state index in [0.29, 0.717) is 25.3 Å². The van der Waals surface area contributed by atoms with Gasteiger partial charge in [-0.05, 0) is 24.5 Å². The fraction of sp³-hybridized carbons (Fsp3) is 0.471. The Labute approximate surface area is 150 Å². The highest BCUT2D eigenvalue weighted by Crippen LogP contribution is 2.29. The fourth-order valence-electron chi connectivity index (χ4n) is 1.88. The molecule has 0 atom stereocenters. The van der Waals surface area contributed by atoms with Crippen LogP contribution in [0.5, 0.6) is 0 Å². The van der Waals surface area contributed by atoms with E-state index in [4.69, 9.17) is 4.74 Å². The number of nitrogens with zero attached hydrogens (tertiary/aromatic N) is 1. The fourth-order valence-corrected chi connectivity index (χ4v) is 3.95. The number of rotatable bonds is 9. The Morgan fingerprint density at radius 1 is 1.33 bits per heavy atom. The van der Waals surface area contributed by atoms with Crippen molar-refractivity contribution in [2.75, 3.05) is 18.9 Å². The molecule has 2 rings (SSSR count). The summed E-state index contributed by atoms with van der Waals surface area (Å²) >= 11 is 3.30. The Morgan fingerprint density at radius 3 is 2.88 bits per heavy atom. The van der Waals surface area contributed by atoms with E-state index in [1.807, 2.05) is 32.0 Å². The third kappa shape index (κ3) is 6.49. The SMILES string of the molecule is CC(C)CNC(=O)COC(=O)CCCSc1nc2ccccc2s1. The molecule has 0 aliphatic heterocycles. The summed E-state index contributed by atoms with van der Waals surface area (Å²) in [5, 5.41) is 2.71.